The van der Waals surface area contributed by atoms with Gasteiger partial charge >= 0.3 is 0 Å². The first kappa shape index (κ1) is 14.1. The number of rotatable bonds is 6. The fourth-order valence-corrected chi connectivity index (χ4v) is 1.58. The SMILES string of the molecule is CC(O)CCN(C)CC(O)c1ccc(F)cc1. The standard InChI is InChI=1S/C13H20FNO2/c1-10(16)7-8-15(2)9-13(17)11-3-5-12(14)6-4-11/h3-6,10,13,16-17H,7-9H2,1-2H3. The summed E-state index contributed by atoms with van der Waals surface area (Å²) in [5.41, 5.74) is 0.704. The minimum absolute atomic E-state index is 0.302. The molecule has 1 aromatic carbocycles. The molecule has 4 heteroatoms. The molecule has 0 spiro atoms. The second kappa shape index (κ2) is 6.69. The third kappa shape index (κ3) is 5.26. The maximum atomic E-state index is 12.7. The van der Waals surface area contributed by atoms with Crippen LogP contribution in [0.1, 0.15) is 25.0 Å². The van der Waals surface area contributed by atoms with Crippen molar-refractivity contribution in [3.8, 4) is 0 Å². The van der Waals surface area contributed by atoms with Gasteiger partial charge in [0.15, 0.2) is 0 Å². The molecule has 0 fully saturated rings. The van der Waals surface area contributed by atoms with Crippen LogP contribution in [0.5, 0.6) is 0 Å². The van der Waals surface area contributed by atoms with E-state index >= 15 is 0 Å². The Bertz CT molecular complexity index is 327. The summed E-state index contributed by atoms with van der Waals surface area (Å²) in [7, 11) is 1.88. The van der Waals surface area contributed by atoms with E-state index in [-0.39, 0.29) is 11.9 Å². The van der Waals surface area contributed by atoms with Gasteiger partial charge in [0.2, 0.25) is 0 Å². The zero-order valence-electron chi connectivity index (χ0n) is 10.3. The Morgan fingerprint density at radius 2 is 1.82 bits per heavy atom. The molecule has 3 nitrogen and oxygen atoms in total. The summed E-state index contributed by atoms with van der Waals surface area (Å²) < 4.78 is 12.7. The lowest BCUT2D eigenvalue weighted by molar-refractivity contribution is 0.111. The van der Waals surface area contributed by atoms with E-state index in [1.807, 2.05) is 11.9 Å². The van der Waals surface area contributed by atoms with E-state index in [1.54, 1.807) is 19.1 Å². The average Bonchev–Trinajstić information content (AvgIpc) is 2.27. The van der Waals surface area contributed by atoms with Crippen LogP contribution in [0.2, 0.25) is 0 Å². The molecule has 96 valence electrons. The number of halogens is 1. The van der Waals surface area contributed by atoms with Crippen molar-refractivity contribution < 1.29 is 14.6 Å². The molecule has 0 aliphatic heterocycles. The maximum absolute atomic E-state index is 12.7. The molecular weight excluding hydrogens is 221 g/mol. The monoisotopic (exact) mass is 241 g/mol. The van der Waals surface area contributed by atoms with Gasteiger partial charge in [0.1, 0.15) is 5.82 Å². The number of benzene rings is 1. The van der Waals surface area contributed by atoms with Gasteiger partial charge in [0.05, 0.1) is 12.2 Å². The van der Waals surface area contributed by atoms with E-state index in [2.05, 4.69) is 0 Å². The van der Waals surface area contributed by atoms with Gasteiger partial charge in [-0.2, -0.15) is 0 Å². The average molecular weight is 241 g/mol. The summed E-state index contributed by atoms with van der Waals surface area (Å²) in [6.07, 6.45) is -0.290. The zero-order valence-corrected chi connectivity index (χ0v) is 10.3. The van der Waals surface area contributed by atoms with Gasteiger partial charge in [-0.25, -0.2) is 4.39 Å². The highest BCUT2D eigenvalue weighted by molar-refractivity contribution is 5.18. The Hall–Kier alpha value is -0.970. The Morgan fingerprint density at radius 1 is 1.24 bits per heavy atom. The fraction of sp³-hybridized carbons (Fsp3) is 0.538. The highest BCUT2D eigenvalue weighted by Crippen LogP contribution is 2.14. The topological polar surface area (TPSA) is 43.7 Å². The van der Waals surface area contributed by atoms with Crippen molar-refractivity contribution in [3.05, 3.63) is 35.6 Å². The van der Waals surface area contributed by atoms with Gasteiger partial charge in [-0.05, 0) is 38.1 Å². The molecule has 1 rings (SSSR count). The number of aliphatic hydroxyl groups excluding tert-OH is 2. The van der Waals surface area contributed by atoms with Crippen LogP contribution in [-0.4, -0.2) is 41.4 Å². The summed E-state index contributed by atoms with van der Waals surface area (Å²) in [6, 6.07) is 5.85. The largest absolute Gasteiger partial charge is 0.393 e. The van der Waals surface area contributed by atoms with Crippen molar-refractivity contribution in [2.45, 2.75) is 25.6 Å². The number of hydrogen-bond acceptors (Lipinski definition) is 3. The lowest BCUT2D eigenvalue weighted by atomic mass is 10.1. The Morgan fingerprint density at radius 3 is 2.35 bits per heavy atom. The molecule has 2 N–H and O–H groups in total. The molecule has 0 saturated carbocycles. The summed E-state index contributed by atoms with van der Waals surface area (Å²) in [5.74, 6) is -0.302. The van der Waals surface area contributed by atoms with E-state index in [4.69, 9.17) is 5.11 Å². The minimum Gasteiger partial charge on any atom is -0.393 e. The van der Waals surface area contributed by atoms with Crippen LogP contribution < -0.4 is 0 Å². The molecule has 0 saturated heterocycles. The molecule has 0 aliphatic rings. The molecule has 0 amide bonds. The second-order valence-corrected chi connectivity index (χ2v) is 4.47. The minimum atomic E-state index is -0.630. The maximum Gasteiger partial charge on any atom is 0.123 e. The molecule has 0 aromatic heterocycles. The zero-order chi connectivity index (χ0) is 12.8. The van der Waals surface area contributed by atoms with Crippen molar-refractivity contribution in [3.63, 3.8) is 0 Å². The molecule has 0 bridgehead atoms. The van der Waals surface area contributed by atoms with Crippen molar-refractivity contribution in [1.29, 1.82) is 0 Å². The van der Waals surface area contributed by atoms with Crippen LogP contribution >= 0.6 is 0 Å². The molecule has 17 heavy (non-hydrogen) atoms. The van der Waals surface area contributed by atoms with Crippen molar-refractivity contribution in [1.82, 2.24) is 4.90 Å². The van der Waals surface area contributed by atoms with E-state index in [0.29, 0.717) is 18.5 Å². The fourth-order valence-electron chi connectivity index (χ4n) is 1.58. The van der Waals surface area contributed by atoms with Crippen molar-refractivity contribution in [2.75, 3.05) is 20.1 Å². The van der Waals surface area contributed by atoms with E-state index < -0.39 is 6.10 Å². The third-order valence-electron chi connectivity index (χ3n) is 2.67. The first-order valence-corrected chi connectivity index (χ1v) is 5.79. The number of nitrogens with zero attached hydrogens (tertiary/aromatic N) is 1. The van der Waals surface area contributed by atoms with E-state index in [0.717, 1.165) is 6.54 Å². The molecule has 2 atom stereocenters. The number of likely N-dealkylation sites (N-methyl/N-ethyl adjacent to an activating group) is 1. The lowest BCUT2D eigenvalue weighted by Crippen LogP contribution is -2.27. The van der Waals surface area contributed by atoms with Crippen LogP contribution in [-0.2, 0) is 0 Å². The summed E-state index contributed by atoms with van der Waals surface area (Å²) in [4.78, 5) is 1.95. The quantitative estimate of drug-likeness (QED) is 0.794. The molecular formula is C13H20FNO2. The number of hydrogen-bond donors (Lipinski definition) is 2. The van der Waals surface area contributed by atoms with Crippen LogP contribution in [0.15, 0.2) is 24.3 Å². The van der Waals surface area contributed by atoms with Crippen LogP contribution in [0.4, 0.5) is 4.39 Å². The summed E-state index contributed by atoms with van der Waals surface area (Å²) in [6.45, 7) is 2.93. The first-order chi connectivity index (χ1) is 7.99. The van der Waals surface area contributed by atoms with Crippen molar-refractivity contribution in [2.24, 2.45) is 0 Å². The number of aliphatic hydroxyl groups is 2. The van der Waals surface area contributed by atoms with Crippen LogP contribution in [0.25, 0.3) is 0 Å². The second-order valence-electron chi connectivity index (χ2n) is 4.47. The molecule has 0 radical (unpaired) electrons. The van der Waals surface area contributed by atoms with Gasteiger partial charge in [-0.1, -0.05) is 12.1 Å². The smallest absolute Gasteiger partial charge is 0.123 e. The molecule has 0 heterocycles. The van der Waals surface area contributed by atoms with Gasteiger partial charge in [0.25, 0.3) is 0 Å². The van der Waals surface area contributed by atoms with Gasteiger partial charge < -0.3 is 15.1 Å². The van der Waals surface area contributed by atoms with Crippen molar-refractivity contribution >= 4 is 0 Å². The molecule has 1 aromatic rings. The van der Waals surface area contributed by atoms with Gasteiger partial charge in [-0.15, -0.1) is 0 Å². The highest BCUT2D eigenvalue weighted by Gasteiger charge is 2.11. The predicted octanol–water partition coefficient (Wildman–Crippen LogP) is 1.56. The van der Waals surface area contributed by atoms with Gasteiger partial charge in [0, 0.05) is 13.1 Å². The molecule has 2 unspecified atom stereocenters. The predicted molar refractivity (Wildman–Crippen MR) is 65.2 cm³/mol. The Labute approximate surface area is 101 Å². The molecule has 0 aliphatic carbocycles. The van der Waals surface area contributed by atoms with E-state index in [9.17, 15) is 9.50 Å². The van der Waals surface area contributed by atoms with Gasteiger partial charge in [-0.3, -0.25) is 0 Å². The third-order valence-corrected chi connectivity index (χ3v) is 2.67. The highest BCUT2D eigenvalue weighted by atomic mass is 19.1. The van der Waals surface area contributed by atoms with E-state index in [1.165, 1.54) is 12.1 Å². The first-order valence-electron chi connectivity index (χ1n) is 5.79. The lowest BCUT2D eigenvalue weighted by Gasteiger charge is -2.21. The normalized spacial score (nSPS) is 14.9. The summed E-state index contributed by atoms with van der Waals surface area (Å²) >= 11 is 0. The summed E-state index contributed by atoms with van der Waals surface area (Å²) in [5, 5.41) is 19.1. The Balaban J connectivity index is 2.42. The Kier molecular flexibility index (Phi) is 5.55. The van der Waals surface area contributed by atoms with Crippen LogP contribution in [0.3, 0.4) is 0 Å². The van der Waals surface area contributed by atoms with Crippen LogP contribution in [0, 0.1) is 5.82 Å².